The van der Waals surface area contributed by atoms with Gasteiger partial charge < -0.3 is 9.84 Å². The van der Waals surface area contributed by atoms with Gasteiger partial charge in [0.1, 0.15) is 17.1 Å². The van der Waals surface area contributed by atoms with Crippen molar-refractivity contribution < 1.29 is 14.6 Å². The number of hydrogen-bond acceptors (Lipinski definition) is 6. The lowest BCUT2D eigenvalue weighted by Crippen LogP contribution is -1.97. The van der Waals surface area contributed by atoms with Gasteiger partial charge in [-0.15, -0.1) is 23.1 Å². The molecule has 2 heterocycles. The number of fused-ring (bicyclic) bond motifs is 1. The van der Waals surface area contributed by atoms with E-state index in [9.17, 15) is 9.90 Å². The second kappa shape index (κ2) is 5.42. The van der Waals surface area contributed by atoms with Crippen LogP contribution in [0.1, 0.15) is 9.67 Å². The van der Waals surface area contributed by atoms with Gasteiger partial charge in [0.05, 0.1) is 18.1 Å². The van der Waals surface area contributed by atoms with E-state index in [2.05, 4.69) is 9.72 Å². The fraction of sp³-hybridized carbons (Fsp3) is 0.143. The fourth-order valence-corrected chi connectivity index (χ4v) is 3.40. The maximum atomic E-state index is 11.6. The van der Waals surface area contributed by atoms with Gasteiger partial charge in [0.25, 0.3) is 0 Å². The molecule has 0 fully saturated rings. The van der Waals surface area contributed by atoms with Crippen LogP contribution >= 0.6 is 23.1 Å². The molecule has 0 saturated heterocycles. The van der Waals surface area contributed by atoms with E-state index in [0.29, 0.717) is 5.00 Å². The number of ether oxygens (including phenoxy) is 1. The highest BCUT2D eigenvalue weighted by Gasteiger charge is 2.18. The Kier molecular flexibility index (Phi) is 3.60. The van der Waals surface area contributed by atoms with Crippen LogP contribution in [0.4, 0.5) is 0 Å². The standard InChI is InChI=1S/C14H12N2O3S2/c1-19-14(18)13-11(17)6-12(21-13)16-7-15-9-4-3-8(20-2)5-10(9)16/h3-7,17H,1-2H3. The van der Waals surface area contributed by atoms with Crippen LogP contribution in [0.5, 0.6) is 5.75 Å². The van der Waals surface area contributed by atoms with Gasteiger partial charge in [-0.2, -0.15) is 0 Å². The molecular weight excluding hydrogens is 308 g/mol. The molecule has 108 valence electrons. The van der Waals surface area contributed by atoms with Crippen molar-refractivity contribution in [3.05, 3.63) is 35.5 Å². The average Bonchev–Trinajstić information content (AvgIpc) is 3.08. The third-order valence-corrected chi connectivity index (χ3v) is 4.89. The Balaban J connectivity index is 2.14. The summed E-state index contributed by atoms with van der Waals surface area (Å²) in [5.41, 5.74) is 1.79. The van der Waals surface area contributed by atoms with Gasteiger partial charge in [-0.25, -0.2) is 9.78 Å². The first-order chi connectivity index (χ1) is 10.1. The third-order valence-electron chi connectivity index (χ3n) is 3.06. The summed E-state index contributed by atoms with van der Waals surface area (Å²) in [5, 5.41) is 10.6. The molecule has 0 radical (unpaired) electrons. The first-order valence-corrected chi connectivity index (χ1v) is 8.10. The number of aromatic hydroxyl groups is 1. The number of esters is 1. The Labute approximate surface area is 129 Å². The number of thiophene rings is 1. The van der Waals surface area contributed by atoms with Crippen LogP contribution in [-0.2, 0) is 4.74 Å². The second-order valence-electron chi connectivity index (χ2n) is 4.26. The fourth-order valence-electron chi connectivity index (χ4n) is 2.02. The summed E-state index contributed by atoms with van der Waals surface area (Å²) in [7, 11) is 1.29. The average molecular weight is 320 g/mol. The molecule has 3 rings (SSSR count). The zero-order chi connectivity index (χ0) is 15.0. The highest BCUT2D eigenvalue weighted by Crippen LogP contribution is 2.33. The molecule has 5 nitrogen and oxygen atoms in total. The van der Waals surface area contributed by atoms with Gasteiger partial charge >= 0.3 is 5.97 Å². The number of rotatable bonds is 3. The molecule has 3 aromatic rings. The molecule has 2 aromatic heterocycles. The Morgan fingerprint density at radius 3 is 2.95 bits per heavy atom. The zero-order valence-electron chi connectivity index (χ0n) is 11.4. The molecule has 0 spiro atoms. The predicted molar refractivity (Wildman–Crippen MR) is 83.7 cm³/mol. The van der Waals surface area contributed by atoms with Crippen molar-refractivity contribution in [1.82, 2.24) is 9.55 Å². The largest absolute Gasteiger partial charge is 0.506 e. The molecule has 1 aromatic carbocycles. The van der Waals surface area contributed by atoms with E-state index in [1.54, 1.807) is 24.2 Å². The highest BCUT2D eigenvalue weighted by atomic mass is 32.2. The summed E-state index contributed by atoms with van der Waals surface area (Å²) < 4.78 is 6.51. The summed E-state index contributed by atoms with van der Waals surface area (Å²) in [6.07, 6.45) is 3.69. The van der Waals surface area contributed by atoms with Crippen molar-refractivity contribution in [3.8, 4) is 10.8 Å². The molecule has 0 atom stereocenters. The van der Waals surface area contributed by atoms with Crippen LogP contribution in [-0.4, -0.2) is 34.0 Å². The van der Waals surface area contributed by atoms with E-state index >= 15 is 0 Å². The van der Waals surface area contributed by atoms with Crippen LogP contribution in [0, 0.1) is 0 Å². The number of nitrogens with zero attached hydrogens (tertiary/aromatic N) is 2. The van der Waals surface area contributed by atoms with Crippen LogP contribution in [0.15, 0.2) is 35.5 Å². The Morgan fingerprint density at radius 2 is 2.24 bits per heavy atom. The van der Waals surface area contributed by atoms with Crippen molar-refractivity contribution in [2.24, 2.45) is 0 Å². The lowest BCUT2D eigenvalue weighted by Gasteiger charge is -2.01. The first-order valence-electron chi connectivity index (χ1n) is 6.06. The molecule has 0 amide bonds. The number of methoxy groups -OCH3 is 1. The van der Waals surface area contributed by atoms with Crippen molar-refractivity contribution >= 4 is 40.1 Å². The van der Waals surface area contributed by atoms with Gasteiger partial charge in [0, 0.05) is 11.0 Å². The molecule has 0 aliphatic rings. The van der Waals surface area contributed by atoms with Crippen LogP contribution in [0.3, 0.4) is 0 Å². The van der Waals surface area contributed by atoms with E-state index < -0.39 is 5.97 Å². The van der Waals surface area contributed by atoms with Crippen LogP contribution in [0.25, 0.3) is 16.0 Å². The maximum Gasteiger partial charge on any atom is 0.351 e. The van der Waals surface area contributed by atoms with E-state index in [1.165, 1.54) is 18.4 Å². The molecule has 0 bridgehead atoms. The number of hydrogen-bond donors (Lipinski definition) is 1. The van der Waals surface area contributed by atoms with Gasteiger partial charge in [-0.1, -0.05) is 0 Å². The molecule has 7 heteroatoms. The molecule has 0 aliphatic heterocycles. The SMILES string of the molecule is COC(=O)c1sc(-n2cnc3ccc(SC)cc32)cc1O. The minimum Gasteiger partial charge on any atom is -0.506 e. The monoisotopic (exact) mass is 320 g/mol. The predicted octanol–water partition coefficient (Wildman–Crippen LogP) is 3.30. The molecule has 0 aliphatic carbocycles. The molecule has 1 N–H and O–H groups in total. The summed E-state index contributed by atoms with van der Waals surface area (Å²) in [4.78, 5) is 17.2. The van der Waals surface area contributed by atoms with Gasteiger partial charge in [-0.3, -0.25) is 4.57 Å². The molecule has 0 saturated carbocycles. The van der Waals surface area contributed by atoms with Crippen molar-refractivity contribution in [1.29, 1.82) is 0 Å². The Bertz CT molecular complexity index is 823. The Hall–Kier alpha value is -1.99. The van der Waals surface area contributed by atoms with E-state index in [1.807, 2.05) is 29.0 Å². The summed E-state index contributed by atoms with van der Waals surface area (Å²) >= 11 is 2.82. The van der Waals surface area contributed by atoms with E-state index in [4.69, 9.17) is 0 Å². The number of benzene rings is 1. The summed E-state index contributed by atoms with van der Waals surface area (Å²) in [5.74, 6) is -0.623. The van der Waals surface area contributed by atoms with Gasteiger partial charge in [-0.05, 0) is 24.5 Å². The van der Waals surface area contributed by atoms with Crippen molar-refractivity contribution in [2.75, 3.05) is 13.4 Å². The normalized spacial score (nSPS) is 11.0. The lowest BCUT2D eigenvalue weighted by atomic mass is 10.3. The van der Waals surface area contributed by atoms with E-state index in [-0.39, 0.29) is 10.6 Å². The minimum absolute atomic E-state index is 0.0790. The summed E-state index contributed by atoms with van der Waals surface area (Å²) in [6, 6.07) is 7.54. The highest BCUT2D eigenvalue weighted by molar-refractivity contribution is 7.98. The van der Waals surface area contributed by atoms with Gasteiger partial charge in [0.2, 0.25) is 0 Å². The zero-order valence-corrected chi connectivity index (χ0v) is 13.0. The smallest absolute Gasteiger partial charge is 0.351 e. The third kappa shape index (κ3) is 2.38. The van der Waals surface area contributed by atoms with Crippen molar-refractivity contribution in [2.45, 2.75) is 4.90 Å². The summed E-state index contributed by atoms with van der Waals surface area (Å²) in [6.45, 7) is 0. The Morgan fingerprint density at radius 1 is 1.43 bits per heavy atom. The minimum atomic E-state index is -0.544. The topological polar surface area (TPSA) is 64.4 Å². The quantitative estimate of drug-likeness (QED) is 0.592. The number of imidazole rings is 1. The maximum absolute atomic E-state index is 11.6. The van der Waals surface area contributed by atoms with E-state index in [0.717, 1.165) is 15.9 Å². The first kappa shape index (κ1) is 14.0. The molecular formula is C14H12N2O3S2. The number of thioether (sulfide) groups is 1. The number of carbonyl (C=O) groups excluding carboxylic acids is 1. The van der Waals surface area contributed by atoms with Gasteiger partial charge in [0.15, 0.2) is 4.88 Å². The molecule has 0 unspecified atom stereocenters. The number of carbonyl (C=O) groups is 1. The number of aromatic nitrogens is 2. The molecule has 21 heavy (non-hydrogen) atoms. The van der Waals surface area contributed by atoms with Crippen LogP contribution in [0.2, 0.25) is 0 Å². The van der Waals surface area contributed by atoms with Crippen LogP contribution < -0.4 is 0 Å². The van der Waals surface area contributed by atoms with Crippen molar-refractivity contribution in [3.63, 3.8) is 0 Å². The lowest BCUT2D eigenvalue weighted by molar-refractivity contribution is 0.0603. The second-order valence-corrected chi connectivity index (χ2v) is 6.17.